The highest BCUT2D eigenvalue weighted by molar-refractivity contribution is 7.14. The molecule has 5 nitrogen and oxygen atoms in total. The number of carbonyl (C=O) groups excluding carboxylic acids is 2. The van der Waals surface area contributed by atoms with E-state index < -0.39 is 0 Å². The van der Waals surface area contributed by atoms with Crippen LogP contribution in [0.5, 0.6) is 0 Å². The van der Waals surface area contributed by atoms with Crippen LogP contribution < -0.4 is 4.90 Å². The van der Waals surface area contributed by atoms with Crippen LogP contribution in [0, 0.1) is 0 Å². The normalized spacial score (nSPS) is 15.6. The number of anilines is 1. The lowest BCUT2D eigenvalue weighted by molar-refractivity contribution is -0.131. The molecule has 0 N–H and O–H groups in total. The molecule has 1 atom stereocenters. The molecule has 1 fully saturated rings. The van der Waals surface area contributed by atoms with E-state index in [4.69, 9.17) is 0 Å². The Bertz CT molecular complexity index is 729. The standard InChI is InChI=1S/C18H21N3O2S/c1-13(14-7-4-3-5-8-14)20(2)17(23)11-15-12-24-18(19-15)21-10-6-9-16(21)22/h3-5,7-8,12-13H,6,9-11H2,1-2H3. The number of thiazole rings is 1. The molecule has 1 aliphatic rings. The maximum atomic E-state index is 12.5. The summed E-state index contributed by atoms with van der Waals surface area (Å²) in [7, 11) is 1.82. The zero-order valence-electron chi connectivity index (χ0n) is 13.9. The minimum atomic E-state index is 0.0111. The van der Waals surface area contributed by atoms with Crippen molar-refractivity contribution < 1.29 is 9.59 Å². The quantitative estimate of drug-likeness (QED) is 0.838. The lowest BCUT2D eigenvalue weighted by Crippen LogP contribution is -2.31. The van der Waals surface area contributed by atoms with Crippen LogP contribution >= 0.6 is 11.3 Å². The van der Waals surface area contributed by atoms with Crippen molar-refractivity contribution in [1.82, 2.24) is 9.88 Å². The SMILES string of the molecule is CC(c1ccccc1)N(C)C(=O)Cc1csc(N2CCCC2=O)n1. The highest BCUT2D eigenvalue weighted by Crippen LogP contribution is 2.26. The first-order chi connectivity index (χ1) is 11.6. The molecule has 126 valence electrons. The van der Waals surface area contributed by atoms with Crippen molar-refractivity contribution in [2.75, 3.05) is 18.5 Å². The van der Waals surface area contributed by atoms with Gasteiger partial charge in [0.15, 0.2) is 5.13 Å². The van der Waals surface area contributed by atoms with Crippen molar-refractivity contribution in [3.8, 4) is 0 Å². The zero-order chi connectivity index (χ0) is 17.1. The first-order valence-electron chi connectivity index (χ1n) is 8.11. The number of amides is 2. The van der Waals surface area contributed by atoms with Crippen LogP contribution in [0.2, 0.25) is 0 Å². The second kappa shape index (κ2) is 7.13. The van der Waals surface area contributed by atoms with Crippen LogP contribution in [-0.4, -0.2) is 35.3 Å². The van der Waals surface area contributed by atoms with E-state index in [-0.39, 0.29) is 24.3 Å². The van der Waals surface area contributed by atoms with Crippen molar-refractivity contribution in [1.29, 1.82) is 0 Å². The van der Waals surface area contributed by atoms with Gasteiger partial charge in [0.05, 0.1) is 18.2 Å². The predicted octanol–water partition coefficient (Wildman–Crippen LogP) is 3.03. The van der Waals surface area contributed by atoms with Gasteiger partial charge in [-0.2, -0.15) is 0 Å². The third-order valence-electron chi connectivity index (χ3n) is 4.43. The number of aromatic nitrogens is 1. The van der Waals surface area contributed by atoms with E-state index in [0.717, 1.165) is 24.2 Å². The Balaban J connectivity index is 1.64. The van der Waals surface area contributed by atoms with Crippen LogP contribution in [0.25, 0.3) is 0 Å². The average molecular weight is 343 g/mol. The van der Waals surface area contributed by atoms with Gasteiger partial charge in [-0.25, -0.2) is 4.98 Å². The van der Waals surface area contributed by atoms with E-state index in [2.05, 4.69) is 4.98 Å². The topological polar surface area (TPSA) is 53.5 Å². The van der Waals surface area contributed by atoms with Gasteiger partial charge in [-0.3, -0.25) is 14.5 Å². The summed E-state index contributed by atoms with van der Waals surface area (Å²) in [5.41, 5.74) is 1.83. The molecule has 2 amide bonds. The van der Waals surface area contributed by atoms with Crippen LogP contribution in [0.3, 0.4) is 0 Å². The van der Waals surface area contributed by atoms with E-state index in [1.54, 1.807) is 9.80 Å². The van der Waals surface area contributed by atoms with E-state index in [1.165, 1.54) is 11.3 Å². The molecular weight excluding hydrogens is 322 g/mol. The Morgan fingerprint density at radius 3 is 2.79 bits per heavy atom. The van der Waals surface area contributed by atoms with Gasteiger partial charge in [0.1, 0.15) is 0 Å². The molecule has 0 aliphatic carbocycles. The smallest absolute Gasteiger partial charge is 0.228 e. The molecule has 6 heteroatoms. The Morgan fingerprint density at radius 1 is 1.38 bits per heavy atom. The summed E-state index contributed by atoms with van der Waals surface area (Å²) < 4.78 is 0. The van der Waals surface area contributed by atoms with Gasteiger partial charge in [-0.05, 0) is 18.9 Å². The summed E-state index contributed by atoms with van der Waals surface area (Å²) in [4.78, 5) is 32.2. The highest BCUT2D eigenvalue weighted by Gasteiger charge is 2.25. The number of benzene rings is 1. The van der Waals surface area contributed by atoms with E-state index in [0.29, 0.717) is 11.6 Å². The molecular formula is C18H21N3O2S. The number of hydrogen-bond acceptors (Lipinski definition) is 4. The molecule has 1 aliphatic heterocycles. The van der Waals surface area contributed by atoms with E-state index in [9.17, 15) is 9.59 Å². The Labute approximate surface area is 145 Å². The van der Waals surface area contributed by atoms with Crippen molar-refractivity contribution in [3.05, 3.63) is 47.0 Å². The zero-order valence-corrected chi connectivity index (χ0v) is 14.8. The number of likely N-dealkylation sites (N-methyl/N-ethyl adjacent to an activating group) is 1. The van der Waals surface area contributed by atoms with Gasteiger partial charge >= 0.3 is 0 Å². The van der Waals surface area contributed by atoms with Gasteiger partial charge < -0.3 is 4.90 Å². The number of nitrogens with zero attached hydrogens (tertiary/aromatic N) is 3. The fraction of sp³-hybridized carbons (Fsp3) is 0.389. The van der Waals surface area contributed by atoms with Crippen LogP contribution in [0.1, 0.15) is 37.1 Å². The van der Waals surface area contributed by atoms with Gasteiger partial charge in [-0.15, -0.1) is 11.3 Å². The molecule has 24 heavy (non-hydrogen) atoms. The largest absolute Gasteiger partial charge is 0.339 e. The molecule has 1 aromatic heterocycles. The lowest BCUT2D eigenvalue weighted by atomic mass is 10.1. The molecule has 1 unspecified atom stereocenters. The first kappa shape index (κ1) is 16.6. The molecule has 1 aromatic carbocycles. The summed E-state index contributed by atoms with van der Waals surface area (Å²) in [6, 6.07) is 9.97. The highest BCUT2D eigenvalue weighted by atomic mass is 32.1. The molecule has 0 spiro atoms. The summed E-state index contributed by atoms with van der Waals surface area (Å²) >= 11 is 1.43. The first-order valence-corrected chi connectivity index (χ1v) is 8.99. The Kier molecular flexibility index (Phi) is 4.94. The van der Waals surface area contributed by atoms with Crippen molar-refractivity contribution >= 4 is 28.3 Å². The van der Waals surface area contributed by atoms with Crippen molar-refractivity contribution in [2.24, 2.45) is 0 Å². The van der Waals surface area contributed by atoms with Gasteiger partial charge in [0, 0.05) is 25.4 Å². The maximum absolute atomic E-state index is 12.5. The third kappa shape index (κ3) is 3.48. The number of hydrogen-bond donors (Lipinski definition) is 0. The second-order valence-electron chi connectivity index (χ2n) is 6.04. The third-order valence-corrected chi connectivity index (χ3v) is 5.35. The molecule has 0 saturated carbocycles. The monoisotopic (exact) mass is 343 g/mol. The van der Waals surface area contributed by atoms with Crippen molar-refractivity contribution in [2.45, 2.75) is 32.2 Å². The maximum Gasteiger partial charge on any atom is 0.228 e. The summed E-state index contributed by atoms with van der Waals surface area (Å²) in [5, 5.41) is 2.58. The number of carbonyl (C=O) groups is 2. The van der Waals surface area contributed by atoms with Crippen LogP contribution in [0.15, 0.2) is 35.7 Å². The molecule has 3 rings (SSSR count). The molecule has 2 heterocycles. The average Bonchev–Trinajstić information content (AvgIpc) is 3.22. The summed E-state index contributed by atoms with van der Waals surface area (Å²) in [6.45, 7) is 2.74. The predicted molar refractivity (Wildman–Crippen MR) is 95.0 cm³/mol. The molecule has 0 radical (unpaired) electrons. The molecule has 2 aromatic rings. The van der Waals surface area contributed by atoms with E-state index >= 15 is 0 Å². The van der Waals surface area contributed by atoms with Crippen LogP contribution in [-0.2, 0) is 16.0 Å². The Hall–Kier alpha value is -2.21. The number of rotatable bonds is 5. The Morgan fingerprint density at radius 2 is 2.12 bits per heavy atom. The fourth-order valence-electron chi connectivity index (χ4n) is 2.80. The van der Waals surface area contributed by atoms with Crippen molar-refractivity contribution in [3.63, 3.8) is 0 Å². The van der Waals surface area contributed by atoms with Crippen LogP contribution in [0.4, 0.5) is 5.13 Å². The second-order valence-corrected chi connectivity index (χ2v) is 6.87. The van der Waals surface area contributed by atoms with E-state index in [1.807, 2.05) is 49.7 Å². The minimum absolute atomic E-state index is 0.0111. The fourth-order valence-corrected chi connectivity index (χ4v) is 3.67. The minimum Gasteiger partial charge on any atom is -0.339 e. The van der Waals surface area contributed by atoms with Gasteiger partial charge in [0.2, 0.25) is 11.8 Å². The molecule has 1 saturated heterocycles. The lowest BCUT2D eigenvalue weighted by Gasteiger charge is -2.25. The van der Waals surface area contributed by atoms with Gasteiger partial charge in [-0.1, -0.05) is 30.3 Å². The molecule has 0 bridgehead atoms. The van der Waals surface area contributed by atoms with Gasteiger partial charge in [0.25, 0.3) is 0 Å². The summed E-state index contributed by atoms with van der Waals surface area (Å²) in [6.07, 6.45) is 1.72. The summed E-state index contributed by atoms with van der Waals surface area (Å²) in [5.74, 6) is 0.146.